The van der Waals surface area contributed by atoms with Crippen molar-refractivity contribution in [3.8, 4) is 0 Å². The van der Waals surface area contributed by atoms with E-state index >= 15 is 0 Å². The smallest absolute Gasteiger partial charge is 0.240 e. The van der Waals surface area contributed by atoms with Crippen molar-refractivity contribution in [2.45, 2.75) is 49.5 Å². The van der Waals surface area contributed by atoms with Gasteiger partial charge in [-0.25, -0.2) is 18.1 Å². The first-order chi connectivity index (χ1) is 20.0. The molecule has 1 aliphatic rings. The SMILES string of the molecule is O=S(=O)(NCc1ccc([C@H]2O[C@@H](Cn3cnc4ccccc43)C[C@@H](c3ccc(CO)cc3)O2)cc1)c1ccccc1. The number of imidazole rings is 1. The van der Waals surface area contributed by atoms with Gasteiger partial charge in [-0.05, 0) is 41.0 Å². The molecule has 2 heterocycles. The Morgan fingerprint density at radius 1 is 0.829 bits per heavy atom. The van der Waals surface area contributed by atoms with E-state index < -0.39 is 16.3 Å². The number of hydrogen-bond donors (Lipinski definition) is 2. The second-order valence-corrected chi connectivity index (χ2v) is 11.9. The third kappa shape index (κ3) is 6.24. The summed E-state index contributed by atoms with van der Waals surface area (Å²) in [4.78, 5) is 4.76. The van der Waals surface area contributed by atoms with Crippen molar-refractivity contribution >= 4 is 21.1 Å². The molecular formula is C32H31N3O5S. The molecule has 210 valence electrons. The largest absolute Gasteiger partial charge is 0.392 e. The van der Waals surface area contributed by atoms with Crippen LogP contribution in [0.2, 0.25) is 0 Å². The monoisotopic (exact) mass is 569 g/mol. The predicted molar refractivity (Wildman–Crippen MR) is 155 cm³/mol. The molecule has 41 heavy (non-hydrogen) atoms. The zero-order valence-corrected chi connectivity index (χ0v) is 23.2. The molecule has 8 nitrogen and oxygen atoms in total. The average Bonchev–Trinajstić information content (AvgIpc) is 3.43. The fourth-order valence-electron chi connectivity index (χ4n) is 5.06. The number of rotatable bonds is 9. The minimum atomic E-state index is -3.60. The standard InChI is InChI=1S/C32H31N3O5S/c36-21-24-12-14-25(15-13-24)31-18-27(20-35-22-33-29-8-4-5-9-30(29)35)39-32(40-31)26-16-10-23(11-17-26)19-34-41(37,38)28-6-2-1-3-7-28/h1-17,22,27,31-32,34,36H,18-21H2/t27-,31+,32+/m1/s1. The fraction of sp³-hybridized carbons (Fsp3) is 0.219. The molecule has 0 amide bonds. The van der Waals surface area contributed by atoms with E-state index in [4.69, 9.17) is 9.47 Å². The van der Waals surface area contributed by atoms with Crippen LogP contribution in [0.15, 0.2) is 114 Å². The number of aliphatic hydroxyl groups excluding tert-OH is 1. The van der Waals surface area contributed by atoms with Gasteiger partial charge in [-0.1, -0.05) is 78.9 Å². The molecule has 3 atom stereocenters. The lowest BCUT2D eigenvalue weighted by molar-refractivity contribution is -0.252. The van der Waals surface area contributed by atoms with Crippen molar-refractivity contribution < 1.29 is 23.0 Å². The van der Waals surface area contributed by atoms with Crippen molar-refractivity contribution in [2.24, 2.45) is 0 Å². The van der Waals surface area contributed by atoms with Crippen LogP contribution in [0.25, 0.3) is 11.0 Å². The minimum absolute atomic E-state index is 0.0122. The van der Waals surface area contributed by atoms with E-state index in [0.29, 0.717) is 13.0 Å². The Bertz CT molecular complexity index is 1700. The van der Waals surface area contributed by atoms with E-state index in [-0.39, 0.29) is 30.3 Å². The van der Waals surface area contributed by atoms with Crippen LogP contribution in [0.5, 0.6) is 0 Å². The Morgan fingerprint density at radius 2 is 1.51 bits per heavy atom. The Morgan fingerprint density at radius 3 is 2.27 bits per heavy atom. The first kappa shape index (κ1) is 27.3. The highest BCUT2D eigenvalue weighted by Crippen LogP contribution is 2.38. The molecule has 6 rings (SSSR count). The van der Waals surface area contributed by atoms with Crippen LogP contribution in [-0.4, -0.2) is 29.2 Å². The van der Waals surface area contributed by atoms with Gasteiger partial charge in [-0.15, -0.1) is 0 Å². The maximum Gasteiger partial charge on any atom is 0.240 e. The highest BCUT2D eigenvalue weighted by Gasteiger charge is 2.32. The molecule has 2 N–H and O–H groups in total. The van der Waals surface area contributed by atoms with Crippen LogP contribution >= 0.6 is 0 Å². The van der Waals surface area contributed by atoms with Crippen molar-refractivity contribution in [1.29, 1.82) is 0 Å². The van der Waals surface area contributed by atoms with Crippen LogP contribution < -0.4 is 4.72 Å². The van der Waals surface area contributed by atoms with Gasteiger partial charge in [-0.3, -0.25) is 0 Å². The topological polar surface area (TPSA) is 103 Å². The second-order valence-electron chi connectivity index (χ2n) is 10.1. The van der Waals surface area contributed by atoms with Gasteiger partial charge in [-0.2, -0.15) is 0 Å². The fourth-order valence-corrected chi connectivity index (χ4v) is 6.10. The lowest BCUT2D eigenvalue weighted by Gasteiger charge is -2.36. The highest BCUT2D eigenvalue weighted by molar-refractivity contribution is 7.89. The van der Waals surface area contributed by atoms with Gasteiger partial charge in [0.05, 0.1) is 47.6 Å². The number of aromatic nitrogens is 2. The number of nitrogens with zero attached hydrogens (tertiary/aromatic N) is 2. The van der Waals surface area contributed by atoms with Crippen molar-refractivity contribution in [3.05, 3.63) is 132 Å². The maximum absolute atomic E-state index is 12.6. The molecule has 9 heteroatoms. The van der Waals surface area contributed by atoms with Crippen LogP contribution in [0, 0.1) is 0 Å². The number of ether oxygens (including phenoxy) is 2. The number of hydrogen-bond acceptors (Lipinski definition) is 6. The predicted octanol–water partition coefficient (Wildman–Crippen LogP) is 5.25. The summed E-state index contributed by atoms with van der Waals surface area (Å²) in [5.74, 6) is 0. The van der Waals surface area contributed by atoms with Crippen molar-refractivity contribution in [2.75, 3.05) is 0 Å². The Hall–Kier alpha value is -3.86. The molecule has 1 aliphatic heterocycles. The first-order valence-electron chi connectivity index (χ1n) is 13.5. The number of benzene rings is 4. The lowest BCUT2D eigenvalue weighted by Crippen LogP contribution is -2.32. The van der Waals surface area contributed by atoms with Gasteiger partial charge >= 0.3 is 0 Å². The van der Waals surface area contributed by atoms with Gasteiger partial charge in [0.15, 0.2) is 6.29 Å². The summed E-state index contributed by atoms with van der Waals surface area (Å²) in [6.07, 6.45) is 1.53. The number of para-hydroxylation sites is 2. The van der Waals surface area contributed by atoms with E-state index in [1.165, 1.54) is 0 Å². The molecular weight excluding hydrogens is 538 g/mol. The van der Waals surface area contributed by atoms with E-state index in [1.54, 1.807) is 30.3 Å². The summed E-state index contributed by atoms with van der Waals surface area (Å²) in [6, 6.07) is 31.7. The number of aliphatic hydroxyl groups is 1. The third-order valence-electron chi connectivity index (χ3n) is 7.31. The second kappa shape index (κ2) is 11.9. The Labute approximate surface area is 239 Å². The zero-order valence-electron chi connectivity index (χ0n) is 22.3. The summed E-state index contributed by atoms with van der Waals surface area (Å²) in [5, 5.41) is 9.47. The van der Waals surface area contributed by atoms with E-state index in [9.17, 15) is 13.5 Å². The summed E-state index contributed by atoms with van der Waals surface area (Å²) in [5.41, 5.74) is 5.51. The summed E-state index contributed by atoms with van der Waals surface area (Å²) in [6.45, 7) is 0.771. The molecule has 4 aromatic carbocycles. The van der Waals surface area contributed by atoms with E-state index in [0.717, 1.165) is 33.3 Å². The number of nitrogens with one attached hydrogen (secondary N) is 1. The average molecular weight is 570 g/mol. The number of fused-ring (bicyclic) bond motifs is 1. The molecule has 0 unspecified atom stereocenters. The van der Waals surface area contributed by atoms with Gasteiger partial charge in [0, 0.05) is 18.5 Å². The molecule has 0 spiro atoms. The van der Waals surface area contributed by atoms with E-state index in [1.807, 2.05) is 73.1 Å². The Balaban J connectivity index is 1.20. The van der Waals surface area contributed by atoms with Crippen molar-refractivity contribution in [1.82, 2.24) is 14.3 Å². The maximum atomic E-state index is 12.6. The molecule has 0 aliphatic carbocycles. The third-order valence-corrected chi connectivity index (χ3v) is 8.73. The first-order valence-corrected chi connectivity index (χ1v) is 15.0. The molecule has 1 fully saturated rings. The van der Waals surface area contributed by atoms with Crippen LogP contribution in [0.1, 0.15) is 41.1 Å². The van der Waals surface area contributed by atoms with Crippen LogP contribution in [-0.2, 0) is 39.2 Å². The zero-order chi connectivity index (χ0) is 28.2. The summed E-state index contributed by atoms with van der Waals surface area (Å²) in [7, 11) is -3.60. The quantitative estimate of drug-likeness (QED) is 0.251. The van der Waals surface area contributed by atoms with Crippen molar-refractivity contribution in [3.63, 3.8) is 0 Å². The van der Waals surface area contributed by atoms with Crippen LogP contribution in [0.4, 0.5) is 0 Å². The summed E-state index contributed by atoms with van der Waals surface area (Å²) < 4.78 is 42.9. The molecule has 5 aromatic rings. The lowest BCUT2D eigenvalue weighted by atomic mass is 10.00. The molecule has 0 saturated carbocycles. The minimum Gasteiger partial charge on any atom is -0.392 e. The highest BCUT2D eigenvalue weighted by atomic mass is 32.2. The molecule has 1 aromatic heterocycles. The normalized spacial score (nSPS) is 19.4. The number of sulfonamides is 1. The van der Waals surface area contributed by atoms with Gasteiger partial charge in [0.25, 0.3) is 0 Å². The van der Waals surface area contributed by atoms with Gasteiger partial charge in [0.1, 0.15) is 0 Å². The van der Waals surface area contributed by atoms with Gasteiger partial charge in [0.2, 0.25) is 10.0 Å². The van der Waals surface area contributed by atoms with Crippen LogP contribution in [0.3, 0.4) is 0 Å². The Kier molecular flexibility index (Phi) is 7.95. The molecule has 0 radical (unpaired) electrons. The summed E-state index contributed by atoms with van der Waals surface area (Å²) >= 11 is 0. The van der Waals surface area contributed by atoms with Gasteiger partial charge < -0.3 is 19.1 Å². The molecule has 0 bridgehead atoms. The molecule has 1 saturated heterocycles. The van der Waals surface area contributed by atoms with E-state index in [2.05, 4.69) is 20.3 Å².